The van der Waals surface area contributed by atoms with Gasteiger partial charge in [-0.15, -0.1) is 11.3 Å². The molecule has 118 valence electrons. The van der Waals surface area contributed by atoms with E-state index in [2.05, 4.69) is 41.6 Å². The van der Waals surface area contributed by atoms with Gasteiger partial charge in [0.05, 0.1) is 0 Å². The molecule has 0 radical (unpaired) electrons. The van der Waals surface area contributed by atoms with Crippen LogP contribution in [0.5, 0.6) is 0 Å². The smallest absolute Gasteiger partial charge is 0.220 e. The molecule has 1 aliphatic heterocycles. The molecule has 3 nitrogen and oxygen atoms in total. The standard InChI is InChI=1S/C17H28N2OS/c1-17(2,19-11-5-6-12-19)14-18-16(20)10-4-3-8-15-9-7-13-21-15/h7,9,13H,3-6,8,10-12,14H2,1-2H3,(H,18,20). The lowest BCUT2D eigenvalue weighted by atomic mass is 10.0. The number of thiophene rings is 1. The van der Waals surface area contributed by atoms with E-state index < -0.39 is 0 Å². The number of nitrogens with one attached hydrogen (secondary N) is 1. The molecule has 0 saturated carbocycles. The number of carbonyl (C=O) groups excluding carboxylic acids is 1. The average Bonchev–Trinajstić information content (AvgIpc) is 3.14. The van der Waals surface area contributed by atoms with Crippen LogP contribution < -0.4 is 5.32 Å². The van der Waals surface area contributed by atoms with Crippen molar-refractivity contribution in [1.82, 2.24) is 10.2 Å². The molecule has 0 aliphatic carbocycles. The molecule has 1 amide bonds. The zero-order valence-electron chi connectivity index (χ0n) is 13.4. The van der Waals surface area contributed by atoms with Gasteiger partial charge in [0.1, 0.15) is 0 Å². The molecule has 0 aromatic carbocycles. The zero-order chi connectivity index (χ0) is 15.1. The Morgan fingerprint density at radius 3 is 2.76 bits per heavy atom. The second-order valence-corrected chi connectivity index (χ2v) is 7.60. The molecule has 1 N–H and O–H groups in total. The predicted molar refractivity (Wildman–Crippen MR) is 89.8 cm³/mol. The highest BCUT2D eigenvalue weighted by atomic mass is 32.1. The van der Waals surface area contributed by atoms with Crippen LogP contribution in [-0.2, 0) is 11.2 Å². The highest BCUT2D eigenvalue weighted by Gasteiger charge is 2.29. The van der Waals surface area contributed by atoms with E-state index in [0.29, 0.717) is 6.42 Å². The molecule has 0 bridgehead atoms. The summed E-state index contributed by atoms with van der Waals surface area (Å²) in [6.45, 7) is 7.56. The van der Waals surface area contributed by atoms with Crippen molar-refractivity contribution in [2.75, 3.05) is 19.6 Å². The van der Waals surface area contributed by atoms with Crippen molar-refractivity contribution in [3.05, 3.63) is 22.4 Å². The Morgan fingerprint density at radius 1 is 1.33 bits per heavy atom. The van der Waals surface area contributed by atoms with Gasteiger partial charge in [0, 0.05) is 23.4 Å². The molecule has 2 rings (SSSR count). The first-order valence-electron chi connectivity index (χ1n) is 8.12. The fourth-order valence-corrected chi connectivity index (χ4v) is 3.63. The minimum atomic E-state index is 0.0864. The lowest BCUT2D eigenvalue weighted by Gasteiger charge is -2.35. The van der Waals surface area contributed by atoms with Gasteiger partial charge in [-0.05, 0) is 70.5 Å². The number of likely N-dealkylation sites (tertiary alicyclic amines) is 1. The van der Waals surface area contributed by atoms with Crippen LogP contribution in [0.25, 0.3) is 0 Å². The Kier molecular flexibility index (Phi) is 6.24. The van der Waals surface area contributed by atoms with Gasteiger partial charge in [0.25, 0.3) is 0 Å². The Balaban J connectivity index is 1.58. The van der Waals surface area contributed by atoms with Crippen LogP contribution in [0, 0.1) is 0 Å². The fourth-order valence-electron chi connectivity index (χ4n) is 2.88. The van der Waals surface area contributed by atoms with E-state index in [0.717, 1.165) is 25.8 Å². The SMILES string of the molecule is CC(C)(CNC(=O)CCCCc1cccs1)N1CCCC1. The van der Waals surface area contributed by atoms with Crippen LogP contribution in [0.4, 0.5) is 0 Å². The summed E-state index contributed by atoms with van der Waals surface area (Å²) in [7, 11) is 0. The van der Waals surface area contributed by atoms with Gasteiger partial charge in [-0.25, -0.2) is 0 Å². The molecule has 1 aliphatic rings. The number of hydrogen-bond acceptors (Lipinski definition) is 3. The van der Waals surface area contributed by atoms with Crippen LogP contribution in [0.1, 0.15) is 50.8 Å². The maximum atomic E-state index is 11.9. The maximum absolute atomic E-state index is 11.9. The number of carbonyl (C=O) groups is 1. The van der Waals surface area contributed by atoms with Gasteiger partial charge in [-0.2, -0.15) is 0 Å². The molecule has 21 heavy (non-hydrogen) atoms. The van der Waals surface area contributed by atoms with Crippen molar-refractivity contribution in [1.29, 1.82) is 0 Å². The Hall–Kier alpha value is -0.870. The molecule has 0 unspecified atom stereocenters. The van der Waals surface area contributed by atoms with Gasteiger partial charge < -0.3 is 5.32 Å². The van der Waals surface area contributed by atoms with Crippen LogP contribution in [0.15, 0.2) is 17.5 Å². The van der Waals surface area contributed by atoms with Crippen LogP contribution in [0.2, 0.25) is 0 Å². The van der Waals surface area contributed by atoms with Crippen molar-refractivity contribution in [3.8, 4) is 0 Å². The summed E-state index contributed by atoms with van der Waals surface area (Å²) < 4.78 is 0. The number of hydrogen-bond donors (Lipinski definition) is 1. The van der Waals surface area contributed by atoms with Gasteiger partial charge in [-0.1, -0.05) is 6.07 Å². The van der Waals surface area contributed by atoms with E-state index in [9.17, 15) is 4.79 Å². The third-order valence-corrected chi connectivity index (χ3v) is 5.27. The monoisotopic (exact) mass is 308 g/mol. The topological polar surface area (TPSA) is 32.3 Å². The van der Waals surface area contributed by atoms with Crippen LogP contribution in [-0.4, -0.2) is 36.0 Å². The predicted octanol–water partition coefficient (Wildman–Crippen LogP) is 3.45. The number of rotatable bonds is 8. The number of amides is 1. The van der Waals surface area contributed by atoms with Crippen LogP contribution >= 0.6 is 11.3 Å². The summed E-state index contributed by atoms with van der Waals surface area (Å²) in [5, 5.41) is 5.23. The lowest BCUT2D eigenvalue weighted by Crippen LogP contribution is -2.50. The van der Waals surface area contributed by atoms with Crippen LogP contribution in [0.3, 0.4) is 0 Å². The molecular formula is C17H28N2OS. The van der Waals surface area contributed by atoms with E-state index in [1.807, 2.05) is 0 Å². The van der Waals surface area contributed by atoms with Gasteiger partial charge in [0.15, 0.2) is 0 Å². The van der Waals surface area contributed by atoms with Crippen molar-refractivity contribution >= 4 is 17.2 Å². The molecule has 2 heterocycles. The fraction of sp³-hybridized carbons (Fsp3) is 0.706. The van der Waals surface area contributed by atoms with E-state index >= 15 is 0 Å². The summed E-state index contributed by atoms with van der Waals surface area (Å²) in [6, 6.07) is 4.26. The normalized spacial score (nSPS) is 16.3. The quantitative estimate of drug-likeness (QED) is 0.746. The Morgan fingerprint density at radius 2 is 2.10 bits per heavy atom. The Bertz CT molecular complexity index is 422. The first-order chi connectivity index (χ1) is 10.1. The number of unbranched alkanes of at least 4 members (excludes halogenated alkanes) is 1. The third kappa shape index (κ3) is 5.44. The lowest BCUT2D eigenvalue weighted by molar-refractivity contribution is -0.121. The first-order valence-corrected chi connectivity index (χ1v) is 9.00. The maximum Gasteiger partial charge on any atom is 0.220 e. The largest absolute Gasteiger partial charge is 0.354 e. The van der Waals surface area contributed by atoms with Crippen molar-refractivity contribution in [2.24, 2.45) is 0 Å². The third-order valence-electron chi connectivity index (χ3n) is 4.34. The van der Waals surface area contributed by atoms with Crippen molar-refractivity contribution < 1.29 is 4.79 Å². The molecular weight excluding hydrogens is 280 g/mol. The van der Waals surface area contributed by atoms with Crippen molar-refractivity contribution in [2.45, 2.75) is 57.9 Å². The summed E-state index contributed by atoms with van der Waals surface area (Å²) >= 11 is 1.80. The molecule has 1 saturated heterocycles. The minimum Gasteiger partial charge on any atom is -0.354 e. The Labute approximate surface area is 132 Å². The second-order valence-electron chi connectivity index (χ2n) is 6.57. The average molecular weight is 308 g/mol. The van der Waals surface area contributed by atoms with Gasteiger partial charge in [-0.3, -0.25) is 9.69 Å². The summed E-state index contributed by atoms with van der Waals surface area (Å²) in [4.78, 5) is 15.9. The first kappa shape index (κ1) is 16.5. The second kappa shape index (κ2) is 7.95. The van der Waals surface area contributed by atoms with E-state index in [-0.39, 0.29) is 11.4 Å². The van der Waals surface area contributed by atoms with E-state index in [4.69, 9.17) is 0 Å². The highest BCUT2D eigenvalue weighted by molar-refractivity contribution is 7.09. The molecule has 0 spiro atoms. The number of nitrogens with zero attached hydrogens (tertiary/aromatic N) is 1. The summed E-state index contributed by atoms with van der Waals surface area (Å²) in [6.07, 6.45) is 6.42. The summed E-state index contributed by atoms with van der Waals surface area (Å²) in [5.74, 6) is 0.202. The highest BCUT2D eigenvalue weighted by Crippen LogP contribution is 2.20. The van der Waals surface area contributed by atoms with E-state index in [1.54, 1.807) is 11.3 Å². The minimum absolute atomic E-state index is 0.0864. The number of aryl methyl sites for hydroxylation is 1. The summed E-state index contributed by atoms with van der Waals surface area (Å²) in [5.41, 5.74) is 0.0864. The molecule has 1 aromatic rings. The van der Waals surface area contributed by atoms with Gasteiger partial charge in [0.2, 0.25) is 5.91 Å². The molecule has 1 fully saturated rings. The van der Waals surface area contributed by atoms with Crippen molar-refractivity contribution in [3.63, 3.8) is 0 Å². The molecule has 0 atom stereocenters. The molecule has 4 heteroatoms. The molecule has 1 aromatic heterocycles. The zero-order valence-corrected chi connectivity index (χ0v) is 14.2. The van der Waals surface area contributed by atoms with Gasteiger partial charge >= 0.3 is 0 Å². The van der Waals surface area contributed by atoms with E-state index in [1.165, 1.54) is 30.8 Å².